The smallest absolute Gasteiger partial charge is 0.407 e. The summed E-state index contributed by atoms with van der Waals surface area (Å²) in [6.07, 6.45) is 0.123. The number of alkyl carbamates (subject to hydrolysis) is 1. The molecule has 1 aromatic heterocycles. The third kappa shape index (κ3) is 5.01. The molecule has 0 saturated heterocycles. The molecule has 0 bridgehead atoms. The molecule has 0 spiro atoms. The van der Waals surface area contributed by atoms with Crippen molar-refractivity contribution in [1.29, 1.82) is 0 Å². The van der Waals surface area contributed by atoms with Crippen LogP contribution < -0.4 is 5.32 Å². The predicted molar refractivity (Wildman–Crippen MR) is 121 cm³/mol. The fourth-order valence-corrected chi connectivity index (χ4v) is 4.54. The van der Waals surface area contributed by atoms with E-state index in [1.807, 2.05) is 48.5 Å². The number of nitrogens with zero attached hydrogens (tertiary/aromatic N) is 3. The number of amides is 2. The third-order valence-corrected chi connectivity index (χ3v) is 6.13. The summed E-state index contributed by atoms with van der Waals surface area (Å²) in [5.41, 5.74) is 4.31. The highest BCUT2D eigenvalue weighted by Crippen LogP contribution is 2.44. The van der Waals surface area contributed by atoms with Crippen LogP contribution >= 0.6 is 11.5 Å². The van der Waals surface area contributed by atoms with Crippen molar-refractivity contribution in [3.05, 3.63) is 70.7 Å². The quantitative estimate of drug-likeness (QED) is 0.523. The molecule has 170 valence electrons. The molecule has 0 saturated carbocycles. The van der Waals surface area contributed by atoms with Gasteiger partial charge in [0.15, 0.2) is 0 Å². The summed E-state index contributed by atoms with van der Waals surface area (Å²) in [5, 5.41) is 15.4. The number of nitrogens with one attached hydrogen (secondary N) is 1. The molecule has 1 aliphatic rings. The van der Waals surface area contributed by atoms with Crippen LogP contribution in [0, 0.1) is 0 Å². The molecule has 2 N–H and O–H groups in total. The van der Waals surface area contributed by atoms with Crippen LogP contribution in [-0.2, 0) is 20.9 Å². The molecule has 2 aromatic carbocycles. The van der Waals surface area contributed by atoms with Gasteiger partial charge in [-0.15, -0.1) is 5.10 Å². The molecule has 2 amide bonds. The van der Waals surface area contributed by atoms with Gasteiger partial charge in [0.05, 0.1) is 24.0 Å². The van der Waals surface area contributed by atoms with Crippen molar-refractivity contribution >= 4 is 29.5 Å². The van der Waals surface area contributed by atoms with Crippen molar-refractivity contribution in [2.45, 2.75) is 24.9 Å². The Bertz CT molecular complexity index is 1120. The van der Waals surface area contributed by atoms with Crippen LogP contribution in [0.2, 0.25) is 0 Å². The van der Waals surface area contributed by atoms with Gasteiger partial charge < -0.3 is 20.1 Å². The van der Waals surface area contributed by atoms with E-state index in [0.29, 0.717) is 0 Å². The van der Waals surface area contributed by atoms with E-state index in [4.69, 9.17) is 4.74 Å². The van der Waals surface area contributed by atoms with Crippen LogP contribution in [0.5, 0.6) is 0 Å². The minimum atomic E-state index is -1.26. The predicted octanol–water partition coefficient (Wildman–Crippen LogP) is 2.88. The Morgan fingerprint density at radius 3 is 2.33 bits per heavy atom. The number of aliphatic carboxylic acids is 1. The highest BCUT2D eigenvalue weighted by atomic mass is 32.1. The second-order valence-corrected chi connectivity index (χ2v) is 8.57. The van der Waals surface area contributed by atoms with Crippen molar-refractivity contribution < 1.29 is 24.2 Å². The van der Waals surface area contributed by atoms with Crippen molar-refractivity contribution in [3.8, 4) is 11.1 Å². The molecule has 1 atom stereocenters. The first-order chi connectivity index (χ1) is 15.9. The van der Waals surface area contributed by atoms with Gasteiger partial charge in [0, 0.05) is 13.0 Å². The number of likely N-dealkylation sites (N-methyl/N-ethyl adjacent to an activating group) is 1. The van der Waals surface area contributed by atoms with Crippen LogP contribution in [0.25, 0.3) is 11.1 Å². The van der Waals surface area contributed by atoms with Crippen LogP contribution in [-0.4, -0.2) is 57.3 Å². The van der Waals surface area contributed by atoms with Crippen molar-refractivity contribution in [1.82, 2.24) is 19.8 Å². The number of carbonyl (C=O) groups is 3. The van der Waals surface area contributed by atoms with E-state index in [2.05, 4.69) is 14.9 Å². The largest absolute Gasteiger partial charge is 0.481 e. The zero-order valence-corrected chi connectivity index (χ0v) is 18.6. The summed E-state index contributed by atoms with van der Waals surface area (Å²) >= 11 is 1.14. The minimum absolute atomic E-state index is 0.0657. The summed E-state index contributed by atoms with van der Waals surface area (Å²) in [4.78, 5) is 38.7. The summed E-state index contributed by atoms with van der Waals surface area (Å²) in [6, 6.07) is 14.6. The Morgan fingerprint density at radius 1 is 1.12 bits per heavy atom. The van der Waals surface area contributed by atoms with Crippen molar-refractivity contribution in [2.75, 3.05) is 13.7 Å². The standard InChI is InChI=1S/C23H22N4O5S/c1-27(12-14-11-24-26-33-14)22(30)20(10-21(28)29)25-23(31)32-13-19-17-8-4-2-6-15(17)16-7-3-5-9-18(16)19/h2-9,11,19-20H,10,12-13H2,1H3,(H,25,31)(H,28,29). The molecule has 0 aliphatic heterocycles. The Labute approximate surface area is 194 Å². The van der Waals surface area contributed by atoms with Gasteiger partial charge in [-0.25, -0.2) is 4.79 Å². The molecule has 1 unspecified atom stereocenters. The second-order valence-electron chi connectivity index (χ2n) is 7.70. The van der Waals surface area contributed by atoms with Gasteiger partial charge in [-0.2, -0.15) is 0 Å². The van der Waals surface area contributed by atoms with Gasteiger partial charge in [-0.1, -0.05) is 53.0 Å². The molecule has 1 heterocycles. The lowest BCUT2D eigenvalue weighted by atomic mass is 9.98. The fraction of sp³-hybridized carbons (Fsp3) is 0.261. The number of aromatic nitrogens is 2. The highest BCUT2D eigenvalue weighted by molar-refractivity contribution is 7.05. The van der Waals surface area contributed by atoms with E-state index in [1.165, 1.54) is 18.1 Å². The molecule has 4 rings (SSSR count). The molecule has 0 radical (unpaired) electrons. The summed E-state index contributed by atoms with van der Waals surface area (Å²) in [7, 11) is 1.52. The van der Waals surface area contributed by atoms with E-state index >= 15 is 0 Å². The Kier molecular flexibility index (Phi) is 6.64. The number of fused-ring (bicyclic) bond motifs is 3. The van der Waals surface area contributed by atoms with Crippen molar-refractivity contribution in [3.63, 3.8) is 0 Å². The van der Waals surface area contributed by atoms with Gasteiger partial charge in [0.25, 0.3) is 0 Å². The first kappa shape index (κ1) is 22.4. The molecule has 0 fully saturated rings. The maximum absolute atomic E-state index is 12.8. The van der Waals surface area contributed by atoms with Crippen LogP contribution in [0.3, 0.4) is 0 Å². The summed E-state index contributed by atoms with van der Waals surface area (Å²) in [6.45, 7) is 0.273. The molecule has 1 aliphatic carbocycles. The second kappa shape index (κ2) is 9.78. The Balaban J connectivity index is 1.42. The van der Waals surface area contributed by atoms with Gasteiger partial charge >= 0.3 is 12.1 Å². The molecular weight excluding hydrogens is 444 g/mol. The van der Waals surface area contributed by atoms with E-state index in [0.717, 1.165) is 38.7 Å². The highest BCUT2D eigenvalue weighted by Gasteiger charge is 2.31. The SMILES string of the molecule is CN(Cc1cnns1)C(=O)C(CC(=O)O)NC(=O)OCC1c2ccccc2-c2ccccc21. The summed E-state index contributed by atoms with van der Waals surface area (Å²) < 4.78 is 9.20. The lowest BCUT2D eigenvalue weighted by Gasteiger charge is -2.23. The Hall–Kier alpha value is -3.79. The lowest BCUT2D eigenvalue weighted by molar-refractivity contribution is -0.142. The topological polar surface area (TPSA) is 122 Å². The first-order valence-electron chi connectivity index (χ1n) is 10.3. The number of carbonyl (C=O) groups excluding carboxylic acids is 2. The number of rotatable bonds is 8. The molecule has 33 heavy (non-hydrogen) atoms. The van der Waals surface area contributed by atoms with E-state index in [-0.39, 0.29) is 19.1 Å². The van der Waals surface area contributed by atoms with Crippen LogP contribution in [0.4, 0.5) is 4.79 Å². The molecular formula is C23H22N4O5S. The maximum atomic E-state index is 12.8. The van der Waals surface area contributed by atoms with Gasteiger partial charge in [0.1, 0.15) is 12.6 Å². The number of carboxylic acid groups (broad SMARTS) is 1. The third-order valence-electron chi connectivity index (χ3n) is 5.49. The number of hydrogen-bond acceptors (Lipinski definition) is 7. The number of carboxylic acids is 1. The molecule has 3 aromatic rings. The average Bonchev–Trinajstić information content (AvgIpc) is 3.42. The zero-order chi connectivity index (χ0) is 23.4. The molecule has 10 heteroatoms. The zero-order valence-electron chi connectivity index (χ0n) is 17.8. The monoisotopic (exact) mass is 466 g/mol. The van der Waals surface area contributed by atoms with Gasteiger partial charge in [-0.3, -0.25) is 9.59 Å². The van der Waals surface area contributed by atoms with Crippen LogP contribution in [0.15, 0.2) is 54.7 Å². The lowest BCUT2D eigenvalue weighted by Crippen LogP contribution is -2.48. The summed E-state index contributed by atoms with van der Waals surface area (Å²) in [5.74, 6) is -1.89. The van der Waals surface area contributed by atoms with E-state index in [9.17, 15) is 19.5 Å². The number of benzene rings is 2. The van der Waals surface area contributed by atoms with Crippen molar-refractivity contribution in [2.24, 2.45) is 0 Å². The van der Waals surface area contributed by atoms with Gasteiger partial charge in [0.2, 0.25) is 5.91 Å². The van der Waals surface area contributed by atoms with Gasteiger partial charge in [-0.05, 0) is 33.8 Å². The Morgan fingerprint density at radius 2 is 1.76 bits per heavy atom. The normalized spacial score (nSPS) is 13.0. The molecule has 9 nitrogen and oxygen atoms in total. The van der Waals surface area contributed by atoms with Crippen LogP contribution in [0.1, 0.15) is 28.3 Å². The number of hydrogen-bond donors (Lipinski definition) is 2. The maximum Gasteiger partial charge on any atom is 0.407 e. The first-order valence-corrected chi connectivity index (χ1v) is 11.1. The van der Waals surface area contributed by atoms with E-state index < -0.39 is 30.4 Å². The average molecular weight is 467 g/mol. The fourth-order valence-electron chi connectivity index (χ4n) is 3.99. The number of ether oxygens (including phenoxy) is 1. The minimum Gasteiger partial charge on any atom is -0.481 e. The van der Waals surface area contributed by atoms with E-state index in [1.54, 1.807) is 0 Å².